The van der Waals surface area contributed by atoms with Gasteiger partial charge in [0.1, 0.15) is 0 Å². The molecular formula is C98H198N4O11. The highest BCUT2D eigenvalue weighted by atomic mass is 16.5. The number of unbranched alkanes of at least 4 members (excludes halogenated alkanes) is 40. The van der Waals surface area contributed by atoms with Crippen LogP contribution in [-0.4, -0.2) is 173 Å². The number of esters is 4. The largest absolute Gasteiger partial charge is 0.465 e. The third-order valence-corrected chi connectivity index (χ3v) is 23.1. The van der Waals surface area contributed by atoms with Crippen LogP contribution in [0.25, 0.3) is 0 Å². The molecule has 0 bridgehead atoms. The van der Waals surface area contributed by atoms with Crippen LogP contribution in [0, 0.1) is 23.7 Å². The SMILES string of the molecule is CCCCCCCCC(CCCCCC)COC(=O)CCCCCN(CCCCCC(=O)OCC(CCCCCC)CCCCCCCC)CCN(C)CCO.CCCCCCCCC(CCCCCC)COC(=O)CCCCCN(CCO)CCCCCC(=O)OCC(CCCCCC)CCCCCCCC.CNCCO. The molecule has 4 unspecified atom stereocenters. The van der Waals surface area contributed by atoms with Crippen LogP contribution < -0.4 is 5.32 Å². The lowest BCUT2D eigenvalue weighted by molar-refractivity contribution is -0.146. The van der Waals surface area contributed by atoms with E-state index < -0.39 is 0 Å². The first kappa shape index (κ1) is 115. The molecule has 15 heteroatoms. The Balaban J connectivity index is -0.00000202. The standard InChI is InChI=1S/C49H98N2O5.C46H91NO5.C3H9NO/c1-6-10-14-18-20-26-34-46(32-24-16-12-8-3)44-55-48(53)36-28-22-30-38-51(41-40-50(5)42-43-52)39-31-23-29-37-49(54)56-45-47(33-25-17-13-9-4)35-27-21-19-15-11-7-2;1-5-9-13-17-19-25-33-43(31-23-15-11-7-3)41-51-45(49)35-27-21-29-37-47(39-40-48)38-30-22-28-36-46(50)52-42-44(32-24-16-12-8-4)34-26-20-18-14-10-6-2;1-4-2-3-5/h46-47,52H,6-45H2,1-5H3;43-44,48H,5-42H2,1-4H3;4-5H,2-3H2,1H3. The van der Waals surface area contributed by atoms with Gasteiger partial charge in [-0.3, -0.25) is 19.2 Å². The number of ether oxygens (including phenoxy) is 4. The van der Waals surface area contributed by atoms with Crippen molar-refractivity contribution in [1.29, 1.82) is 0 Å². The number of carbonyl (C=O) groups excluding carboxylic acids is 4. The van der Waals surface area contributed by atoms with Crippen LogP contribution in [0.4, 0.5) is 0 Å². The lowest BCUT2D eigenvalue weighted by Crippen LogP contribution is -2.35. The molecule has 113 heavy (non-hydrogen) atoms. The maximum Gasteiger partial charge on any atom is 0.305 e. The van der Waals surface area contributed by atoms with Crippen molar-refractivity contribution in [3.8, 4) is 0 Å². The molecular weight excluding hydrogens is 1410 g/mol. The average Bonchev–Trinajstić information content (AvgIpc) is 1.00. The van der Waals surface area contributed by atoms with Gasteiger partial charge in [-0.15, -0.1) is 0 Å². The van der Waals surface area contributed by atoms with Crippen molar-refractivity contribution in [1.82, 2.24) is 20.0 Å². The van der Waals surface area contributed by atoms with E-state index in [9.17, 15) is 29.4 Å². The van der Waals surface area contributed by atoms with Crippen LogP contribution in [0.2, 0.25) is 0 Å². The van der Waals surface area contributed by atoms with Crippen molar-refractivity contribution in [2.45, 2.75) is 466 Å². The van der Waals surface area contributed by atoms with Gasteiger partial charge in [0, 0.05) is 58.4 Å². The van der Waals surface area contributed by atoms with Gasteiger partial charge in [-0.25, -0.2) is 0 Å². The van der Waals surface area contributed by atoms with E-state index in [1.807, 2.05) is 0 Å². The zero-order valence-corrected chi connectivity index (χ0v) is 77.3. The summed E-state index contributed by atoms with van der Waals surface area (Å²) in [4.78, 5) is 57.5. The van der Waals surface area contributed by atoms with Crippen molar-refractivity contribution in [3.63, 3.8) is 0 Å². The van der Waals surface area contributed by atoms with E-state index in [1.165, 1.54) is 308 Å². The fraction of sp³-hybridized carbons (Fsp3) is 0.959. The molecule has 0 aliphatic carbocycles. The van der Waals surface area contributed by atoms with Crippen LogP contribution >= 0.6 is 0 Å². The summed E-state index contributed by atoms with van der Waals surface area (Å²) in [5.41, 5.74) is 0. The Hall–Kier alpha value is -2.40. The van der Waals surface area contributed by atoms with Crippen molar-refractivity contribution in [2.24, 2.45) is 23.7 Å². The first-order valence-corrected chi connectivity index (χ1v) is 49.5. The summed E-state index contributed by atoms with van der Waals surface area (Å²) in [7, 11) is 3.87. The molecule has 0 fully saturated rings. The summed E-state index contributed by atoms with van der Waals surface area (Å²) < 4.78 is 23.2. The summed E-state index contributed by atoms with van der Waals surface area (Å²) in [5.74, 6) is 1.95. The Bertz CT molecular complexity index is 1770. The third kappa shape index (κ3) is 90.2. The molecule has 0 aliphatic rings. The summed E-state index contributed by atoms with van der Waals surface area (Å²) >= 11 is 0. The topological polar surface area (TPSA) is 188 Å². The normalized spacial score (nSPS) is 12.6. The van der Waals surface area contributed by atoms with Gasteiger partial charge in [-0.1, -0.05) is 338 Å². The molecule has 0 aromatic carbocycles. The predicted octanol–water partition coefficient (Wildman–Crippen LogP) is 25.5. The molecule has 0 heterocycles. The fourth-order valence-corrected chi connectivity index (χ4v) is 15.3. The van der Waals surface area contributed by atoms with Gasteiger partial charge >= 0.3 is 23.9 Å². The molecule has 0 spiro atoms. The van der Waals surface area contributed by atoms with E-state index in [-0.39, 0.29) is 43.7 Å². The predicted molar refractivity (Wildman–Crippen MR) is 484 cm³/mol. The van der Waals surface area contributed by atoms with Crippen LogP contribution in [-0.2, 0) is 38.1 Å². The highest BCUT2D eigenvalue weighted by Gasteiger charge is 2.18. The van der Waals surface area contributed by atoms with Crippen molar-refractivity contribution in [3.05, 3.63) is 0 Å². The molecule has 0 aliphatic heterocycles. The smallest absolute Gasteiger partial charge is 0.305 e. The Labute approximate surface area is 702 Å². The Morgan fingerprint density at radius 1 is 0.248 bits per heavy atom. The van der Waals surface area contributed by atoms with E-state index in [0.29, 0.717) is 95.4 Å². The maximum atomic E-state index is 12.7. The van der Waals surface area contributed by atoms with E-state index >= 15 is 0 Å². The maximum absolute atomic E-state index is 12.7. The summed E-state index contributed by atoms with van der Waals surface area (Å²) in [6.45, 7) is 28.9. The lowest BCUT2D eigenvalue weighted by atomic mass is 9.95. The highest BCUT2D eigenvalue weighted by molar-refractivity contribution is 5.70. The fourth-order valence-electron chi connectivity index (χ4n) is 15.3. The number of rotatable bonds is 89. The number of hydrogen-bond acceptors (Lipinski definition) is 15. The van der Waals surface area contributed by atoms with Gasteiger partial charge in [0.15, 0.2) is 0 Å². The van der Waals surface area contributed by atoms with E-state index in [2.05, 4.69) is 82.5 Å². The number of carbonyl (C=O) groups is 4. The van der Waals surface area contributed by atoms with Crippen LogP contribution in [0.15, 0.2) is 0 Å². The molecule has 0 amide bonds. The quantitative estimate of drug-likeness (QED) is 0.0256. The third-order valence-electron chi connectivity index (χ3n) is 23.1. The first-order chi connectivity index (χ1) is 55.3. The summed E-state index contributed by atoms with van der Waals surface area (Å²) in [6.07, 6.45) is 75.3. The zero-order valence-electron chi connectivity index (χ0n) is 77.3. The number of nitrogens with zero attached hydrogens (tertiary/aromatic N) is 3. The average molecular weight is 1610 g/mol. The van der Waals surface area contributed by atoms with E-state index in [4.69, 9.17) is 24.1 Å². The highest BCUT2D eigenvalue weighted by Crippen LogP contribution is 2.25. The molecule has 676 valence electrons. The number of likely N-dealkylation sites (N-methyl/N-ethyl adjacent to an activating group) is 2. The molecule has 0 saturated heterocycles. The molecule has 0 aromatic heterocycles. The molecule has 4 atom stereocenters. The molecule has 4 N–H and O–H groups in total. The molecule has 0 aromatic rings. The van der Waals surface area contributed by atoms with Crippen LogP contribution in [0.3, 0.4) is 0 Å². The van der Waals surface area contributed by atoms with Crippen molar-refractivity contribution in [2.75, 3.05) is 119 Å². The zero-order chi connectivity index (χ0) is 83.5. The minimum absolute atomic E-state index is 0.0205. The van der Waals surface area contributed by atoms with Gasteiger partial charge in [0.2, 0.25) is 0 Å². The Morgan fingerprint density at radius 3 is 0.655 bits per heavy atom. The second-order valence-corrected chi connectivity index (χ2v) is 34.3. The number of aliphatic hydroxyl groups excluding tert-OH is 3. The molecule has 0 radical (unpaired) electrons. The van der Waals surface area contributed by atoms with Crippen molar-refractivity contribution >= 4 is 23.9 Å². The Morgan fingerprint density at radius 2 is 0.451 bits per heavy atom. The molecule has 0 saturated carbocycles. The Kier molecular flexibility index (Phi) is 98.2. The number of hydrogen-bond donors (Lipinski definition) is 4. The van der Waals surface area contributed by atoms with Gasteiger partial charge < -0.3 is 54.3 Å². The number of nitrogens with one attached hydrogen (secondary N) is 1. The minimum atomic E-state index is -0.0347. The van der Waals surface area contributed by atoms with E-state index in [1.54, 1.807) is 7.05 Å². The van der Waals surface area contributed by atoms with Gasteiger partial charge in [-0.05, 0) is 167 Å². The minimum Gasteiger partial charge on any atom is -0.465 e. The van der Waals surface area contributed by atoms with Crippen LogP contribution in [0.1, 0.15) is 466 Å². The lowest BCUT2D eigenvalue weighted by Gasteiger charge is -2.25. The van der Waals surface area contributed by atoms with Crippen LogP contribution in [0.5, 0.6) is 0 Å². The monoisotopic (exact) mass is 1610 g/mol. The van der Waals surface area contributed by atoms with Gasteiger partial charge in [0.25, 0.3) is 0 Å². The first-order valence-electron chi connectivity index (χ1n) is 49.5. The second kappa shape index (κ2) is 96.7. The van der Waals surface area contributed by atoms with Gasteiger partial charge in [0.05, 0.1) is 46.2 Å². The molecule has 0 rings (SSSR count). The summed E-state index contributed by atoms with van der Waals surface area (Å²) in [5, 5.41) is 29.7. The number of aliphatic hydroxyl groups is 3. The molecule has 15 nitrogen and oxygen atoms in total. The summed E-state index contributed by atoms with van der Waals surface area (Å²) in [6, 6.07) is 0. The second-order valence-electron chi connectivity index (χ2n) is 34.3. The van der Waals surface area contributed by atoms with Crippen molar-refractivity contribution < 1.29 is 53.4 Å². The van der Waals surface area contributed by atoms with E-state index in [0.717, 1.165) is 116 Å². The van der Waals surface area contributed by atoms with Gasteiger partial charge in [-0.2, -0.15) is 0 Å².